The Kier molecular flexibility index (Phi) is 9.46. The van der Waals surface area contributed by atoms with Gasteiger partial charge in [0.25, 0.3) is 0 Å². The van der Waals surface area contributed by atoms with Gasteiger partial charge in [0.2, 0.25) is 0 Å². The van der Waals surface area contributed by atoms with E-state index in [0.717, 1.165) is 56.6 Å². The van der Waals surface area contributed by atoms with Crippen LogP contribution in [-0.4, -0.2) is 4.57 Å². The third-order valence-electron chi connectivity index (χ3n) is 13.0. The molecule has 0 aliphatic rings. The second kappa shape index (κ2) is 16.1. The highest BCUT2D eigenvalue weighted by Crippen LogP contribution is 2.43. The summed E-state index contributed by atoms with van der Waals surface area (Å²) in [6, 6.07) is 78.8. The maximum atomic E-state index is 6.46. The van der Waals surface area contributed by atoms with Gasteiger partial charge in [-0.05, 0) is 124 Å². The quantitative estimate of drug-likeness (QED) is 0.135. The number of para-hydroxylation sites is 4. The fraction of sp³-hybridized carbons (Fsp3) is 0.0323. The molecule has 0 saturated carbocycles. The van der Waals surface area contributed by atoms with Crippen molar-refractivity contribution in [3.05, 3.63) is 248 Å². The Morgan fingerprint density at radius 3 is 1.91 bits per heavy atom. The molecule has 0 amide bonds. The summed E-state index contributed by atoms with van der Waals surface area (Å²) in [5.74, 6) is 0. The van der Waals surface area contributed by atoms with Gasteiger partial charge in [-0.3, -0.25) is 0 Å². The molecule has 3 heteroatoms. The van der Waals surface area contributed by atoms with Crippen molar-refractivity contribution in [2.45, 2.75) is 13.3 Å². The van der Waals surface area contributed by atoms with E-state index in [2.05, 4.69) is 253 Å². The smallest absolute Gasteiger partial charge is 0.136 e. The summed E-state index contributed by atoms with van der Waals surface area (Å²) < 4.78 is 8.89. The Labute approximate surface area is 378 Å². The van der Waals surface area contributed by atoms with E-state index < -0.39 is 0 Å². The highest BCUT2D eigenvalue weighted by atomic mass is 16.3. The van der Waals surface area contributed by atoms with Gasteiger partial charge < -0.3 is 13.9 Å². The Morgan fingerprint density at radius 2 is 1.09 bits per heavy atom. The third-order valence-corrected chi connectivity index (χ3v) is 13.0. The molecule has 65 heavy (non-hydrogen) atoms. The first-order valence-corrected chi connectivity index (χ1v) is 22.4. The summed E-state index contributed by atoms with van der Waals surface area (Å²) in [5, 5.41) is 9.59. The SMILES string of the molecule is C/C=C(\C=C/Cc1ccccc1-n1c2ccccc2c2ccccc21)N(c1cccc(-c2cccc3ccccc23)c1)c1ccccc1-c1ccc2oc3cc4ccccc4cc3c2c1. The highest BCUT2D eigenvalue weighted by molar-refractivity contribution is 6.12. The molecule has 0 saturated heterocycles. The molecule has 0 unspecified atom stereocenters. The van der Waals surface area contributed by atoms with E-state index in [1.807, 2.05) is 0 Å². The van der Waals surface area contributed by atoms with Gasteiger partial charge in [-0.1, -0.05) is 170 Å². The number of fused-ring (bicyclic) bond motifs is 8. The summed E-state index contributed by atoms with van der Waals surface area (Å²) in [6.07, 6.45) is 7.59. The zero-order valence-corrected chi connectivity index (χ0v) is 36.0. The van der Waals surface area contributed by atoms with Crippen LogP contribution >= 0.6 is 0 Å². The molecule has 0 bridgehead atoms. The second-order valence-corrected chi connectivity index (χ2v) is 16.8. The molecule has 10 aromatic carbocycles. The topological polar surface area (TPSA) is 21.3 Å². The van der Waals surface area contributed by atoms with Gasteiger partial charge in [-0.2, -0.15) is 0 Å². The molecule has 12 aromatic rings. The van der Waals surface area contributed by atoms with E-state index >= 15 is 0 Å². The molecule has 0 N–H and O–H groups in total. The van der Waals surface area contributed by atoms with Gasteiger partial charge in [0.1, 0.15) is 11.2 Å². The van der Waals surface area contributed by atoms with Crippen molar-refractivity contribution in [3.63, 3.8) is 0 Å². The fourth-order valence-corrected chi connectivity index (χ4v) is 9.95. The molecule has 308 valence electrons. The van der Waals surface area contributed by atoms with Crippen LogP contribution in [-0.2, 0) is 6.42 Å². The molecule has 12 rings (SSSR count). The first-order valence-electron chi connectivity index (χ1n) is 22.4. The van der Waals surface area contributed by atoms with E-state index in [1.54, 1.807) is 0 Å². The van der Waals surface area contributed by atoms with Crippen molar-refractivity contribution in [3.8, 4) is 27.9 Å². The Hall–Kier alpha value is -8.40. The van der Waals surface area contributed by atoms with Crippen molar-refractivity contribution in [2.75, 3.05) is 4.90 Å². The van der Waals surface area contributed by atoms with Crippen molar-refractivity contribution < 1.29 is 4.42 Å². The average molecular weight is 833 g/mol. The van der Waals surface area contributed by atoms with Crippen LogP contribution in [0.3, 0.4) is 0 Å². The lowest BCUT2D eigenvalue weighted by Crippen LogP contribution is -2.16. The fourth-order valence-electron chi connectivity index (χ4n) is 9.95. The summed E-state index contributed by atoms with van der Waals surface area (Å²) >= 11 is 0. The lowest BCUT2D eigenvalue weighted by molar-refractivity contribution is 0.669. The minimum Gasteiger partial charge on any atom is -0.456 e. The molecule has 0 aliphatic carbocycles. The molecular weight excluding hydrogens is 789 g/mol. The standard InChI is InChI=1S/C62H44N2O/c1-2-48(25-15-23-43-19-6-11-32-57(43)64-59-34-13-9-29-53(59)54-30-10-14-35-60(54)64)63(49-26-16-24-46(38-49)51-31-17-22-42-18-5-7-27-50(42)51)58-33-12-8-28-52(58)47-36-37-61-55(40-47)56-39-44-20-3-4-21-45(44)41-62(56)65-61/h2-22,24-41H,23H2,1H3/b25-15-,48-2+. The highest BCUT2D eigenvalue weighted by Gasteiger charge is 2.20. The monoisotopic (exact) mass is 832 g/mol. The van der Waals surface area contributed by atoms with Crippen LogP contribution in [0.25, 0.3) is 93.2 Å². The molecule has 2 heterocycles. The number of nitrogens with zero attached hydrogens (tertiary/aromatic N) is 2. The normalized spacial score (nSPS) is 12.2. The van der Waals surface area contributed by atoms with Crippen molar-refractivity contribution in [1.29, 1.82) is 0 Å². The maximum Gasteiger partial charge on any atom is 0.136 e. The molecule has 3 nitrogen and oxygen atoms in total. The number of rotatable bonds is 9. The average Bonchev–Trinajstić information content (AvgIpc) is 3.90. The molecule has 0 radical (unpaired) electrons. The van der Waals surface area contributed by atoms with Crippen LogP contribution in [0.15, 0.2) is 247 Å². The summed E-state index contributed by atoms with van der Waals surface area (Å²) in [5.41, 5.74) is 14.5. The van der Waals surface area contributed by atoms with Crippen LogP contribution < -0.4 is 4.90 Å². The molecular formula is C62H44N2O. The lowest BCUT2D eigenvalue weighted by Gasteiger charge is -2.29. The summed E-state index contributed by atoms with van der Waals surface area (Å²) in [7, 11) is 0. The molecule has 2 aromatic heterocycles. The third kappa shape index (κ3) is 6.68. The summed E-state index contributed by atoms with van der Waals surface area (Å²) in [4.78, 5) is 2.42. The number of aromatic nitrogens is 1. The van der Waals surface area contributed by atoms with E-state index in [0.29, 0.717) is 0 Å². The Bertz CT molecular complexity index is 3780. The van der Waals surface area contributed by atoms with Crippen LogP contribution in [0, 0.1) is 0 Å². The molecule has 0 atom stereocenters. The minimum atomic E-state index is 0.749. The van der Waals surface area contributed by atoms with Gasteiger partial charge >= 0.3 is 0 Å². The number of anilines is 2. The van der Waals surface area contributed by atoms with Crippen LogP contribution in [0.4, 0.5) is 11.4 Å². The van der Waals surface area contributed by atoms with Gasteiger partial charge in [-0.15, -0.1) is 0 Å². The van der Waals surface area contributed by atoms with Gasteiger partial charge in [0.15, 0.2) is 0 Å². The minimum absolute atomic E-state index is 0.749. The lowest BCUT2D eigenvalue weighted by atomic mass is 9.97. The largest absolute Gasteiger partial charge is 0.456 e. The second-order valence-electron chi connectivity index (χ2n) is 16.8. The first-order chi connectivity index (χ1) is 32.2. The van der Waals surface area contributed by atoms with Crippen LogP contribution in [0.2, 0.25) is 0 Å². The maximum absolute atomic E-state index is 6.46. The molecule has 0 spiro atoms. The first kappa shape index (κ1) is 38.3. The Balaban J connectivity index is 0.987. The number of hydrogen-bond donors (Lipinski definition) is 0. The predicted molar refractivity (Wildman–Crippen MR) is 276 cm³/mol. The zero-order chi connectivity index (χ0) is 43.3. The van der Waals surface area contributed by atoms with Crippen molar-refractivity contribution in [2.24, 2.45) is 0 Å². The van der Waals surface area contributed by atoms with E-state index in [9.17, 15) is 0 Å². The Morgan fingerprint density at radius 1 is 0.477 bits per heavy atom. The van der Waals surface area contributed by atoms with Gasteiger partial charge in [0.05, 0.1) is 16.7 Å². The van der Waals surface area contributed by atoms with Crippen molar-refractivity contribution in [1.82, 2.24) is 4.57 Å². The predicted octanol–water partition coefficient (Wildman–Crippen LogP) is 17.2. The van der Waals surface area contributed by atoms with Crippen molar-refractivity contribution >= 4 is 76.7 Å². The van der Waals surface area contributed by atoms with Gasteiger partial charge in [-0.25, -0.2) is 0 Å². The number of hydrogen-bond acceptors (Lipinski definition) is 2. The van der Waals surface area contributed by atoms with E-state index in [1.165, 1.54) is 65.7 Å². The zero-order valence-electron chi connectivity index (χ0n) is 36.0. The van der Waals surface area contributed by atoms with E-state index in [4.69, 9.17) is 4.42 Å². The number of allylic oxidation sites excluding steroid dienone is 3. The molecule has 0 fully saturated rings. The van der Waals surface area contributed by atoms with Crippen LogP contribution in [0.1, 0.15) is 12.5 Å². The van der Waals surface area contributed by atoms with E-state index in [-0.39, 0.29) is 0 Å². The number of benzene rings is 10. The summed E-state index contributed by atoms with van der Waals surface area (Å²) in [6.45, 7) is 2.14. The number of furan rings is 1. The van der Waals surface area contributed by atoms with Gasteiger partial charge in [0, 0.05) is 44.2 Å². The van der Waals surface area contributed by atoms with Crippen LogP contribution in [0.5, 0.6) is 0 Å². The molecule has 0 aliphatic heterocycles.